The number of nitrogens with one attached hydrogen (secondary N) is 4. The number of hydrogen-bond acceptors (Lipinski definition) is 9. The Balaban J connectivity index is 1.85. The Kier molecular flexibility index (Phi) is 5.58. The normalized spacial score (nSPS) is 14.4. The van der Waals surface area contributed by atoms with Gasteiger partial charge < -0.3 is 26.2 Å². The minimum absolute atomic E-state index is 0.0339. The van der Waals surface area contributed by atoms with E-state index in [1.807, 2.05) is 24.2 Å². The van der Waals surface area contributed by atoms with Crippen LogP contribution in [0.15, 0.2) is 24.3 Å². The maximum atomic E-state index is 12.7. The van der Waals surface area contributed by atoms with Gasteiger partial charge in [0.05, 0.1) is 41.0 Å². The molecule has 0 saturated heterocycles. The van der Waals surface area contributed by atoms with Gasteiger partial charge in [-0.25, -0.2) is 0 Å². The van der Waals surface area contributed by atoms with Crippen LogP contribution < -0.4 is 26.4 Å². The SMILES string of the molecule is CNCCNc1ccc2c3c(c4c(c(O)c13)C(=O)C=CC4=O)NN2CCNCCO. The van der Waals surface area contributed by atoms with E-state index < -0.39 is 5.78 Å². The molecule has 6 N–H and O–H groups in total. The predicted octanol–water partition coefficient (Wildman–Crippen LogP) is 0.841. The summed E-state index contributed by atoms with van der Waals surface area (Å²) in [6, 6.07) is 3.80. The Labute approximate surface area is 173 Å². The lowest BCUT2D eigenvalue weighted by atomic mass is 9.88. The van der Waals surface area contributed by atoms with E-state index in [0.29, 0.717) is 48.3 Å². The first-order valence-electron chi connectivity index (χ1n) is 9.95. The number of phenolic OH excluding ortho intramolecular Hbond substituents is 1. The Morgan fingerprint density at radius 3 is 2.50 bits per heavy atom. The van der Waals surface area contributed by atoms with Crippen LogP contribution in [-0.4, -0.2) is 68.2 Å². The number of ketones is 2. The smallest absolute Gasteiger partial charge is 0.190 e. The number of fused-ring (bicyclic) bond motifs is 2. The molecular weight excluding hydrogens is 386 g/mol. The molecule has 9 heteroatoms. The Morgan fingerprint density at radius 1 is 1.00 bits per heavy atom. The molecule has 9 nitrogen and oxygen atoms in total. The summed E-state index contributed by atoms with van der Waals surface area (Å²) in [5.74, 6) is -0.886. The molecular formula is C21H25N5O4. The highest BCUT2D eigenvalue weighted by Crippen LogP contribution is 2.50. The molecule has 2 aromatic carbocycles. The van der Waals surface area contributed by atoms with Crippen LogP contribution in [0.25, 0.3) is 10.8 Å². The molecule has 0 aromatic heterocycles. The largest absolute Gasteiger partial charge is 0.506 e. The number of hydrogen-bond donors (Lipinski definition) is 6. The number of likely N-dealkylation sites (N-methyl/N-ethyl adjacent to an activating group) is 1. The van der Waals surface area contributed by atoms with Gasteiger partial charge in [-0.05, 0) is 31.3 Å². The second-order valence-electron chi connectivity index (χ2n) is 7.19. The van der Waals surface area contributed by atoms with E-state index in [-0.39, 0.29) is 29.3 Å². The summed E-state index contributed by atoms with van der Waals surface area (Å²) >= 11 is 0. The van der Waals surface area contributed by atoms with Crippen molar-refractivity contribution in [2.45, 2.75) is 0 Å². The summed E-state index contributed by atoms with van der Waals surface area (Å²) in [7, 11) is 1.85. The van der Waals surface area contributed by atoms with Crippen LogP contribution in [0.3, 0.4) is 0 Å². The highest BCUT2D eigenvalue weighted by molar-refractivity contribution is 6.32. The molecule has 4 rings (SSSR count). The number of carbonyl (C=O) groups is 2. The molecule has 2 aliphatic rings. The van der Waals surface area contributed by atoms with Crippen molar-refractivity contribution in [2.24, 2.45) is 0 Å². The fourth-order valence-corrected chi connectivity index (χ4v) is 3.96. The number of allylic oxidation sites excluding steroid dienone is 2. The first-order chi connectivity index (χ1) is 14.6. The molecule has 0 fully saturated rings. The van der Waals surface area contributed by atoms with E-state index in [0.717, 1.165) is 12.2 Å². The van der Waals surface area contributed by atoms with Crippen molar-refractivity contribution in [3.63, 3.8) is 0 Å². The fourth-order valence-electron chi connectivity index (χ4n) is 3.96. The zero-order chi connectivity index (χ0) is 21.3. The predicted molar refractivity (Wildman–Crippen MR) is 117 cm³/mol. The zero-order valence-corrected chi connectivity index (χ0v) is 16.7. The number of aliphatic hydroxyl groups is 1. The molecule has 1 aliphatic heterocycles. The van der Waals surface area contributed by atoms with Gasteiger partial charge in [-0.15, -0.1) is 0 Å². The molecule has 1 heterocycles. The quantitative estimate of drug-likeness (QED) is 0.263. The maximum absolute atomic E-state index is 12.7. The molecule has 1 aliphatic carbocycles. The van der Waals surface area contributed by atoms with E-state index in [9.17, 15) is 14.7 Å². The third kappa shape index (κ3) is 3.26. The van der Waals surface area contributed by atoms with Gasteiger partial charge >= 0.3 is 0 Å². The number of aromatic hydroxyl groups is 1. The fraction of sp³-hybridized carbons (Fsp3) is 0.333. The number of aliphatic hydroxyl groups excluding tert-OH is 1. The standard InChI is InChI=1S/C21H25N5O4/c1-22-6-7-24-12-2-3-13-17-16(12)21(30)19-15(29)5-4-14(28)18(19)20(17)25-26(13)10-8-23-9-11-27/h2-5,22-25,27,30H,6-11H2,1H3. The lowest BCUT2D eigenvalue weighted by molar-refractivity contribution is 0.0992. The van der Waals surface area contributed by atoms with Gasteiger partial charge in [-0.2, -0.15) is 0 Å². The highest BCUT2D eigenvalue weighted by atomic mass is 16.3. The van der Waals surface area contributed by atoms with Gasteiger partial charge in [-0.1, -0.05) is 0 Å². The minimum atomic E-state index is -0.392. The number of benzene rings is 2. The van der Waals surface area contributed by atoms with Gasteiger partial charge in [0.25, 0.3) is 0 Å². The molecule has 0 bridgehead atoms. The summed E-state index contributed by atoms with van der Waals surface area (Å²) < 4.78 is 0. The number of hydrazine groups is 1. The summed E-state index contributed by atoms with van der Waals surface area (Å²) in [4.78, 5) is 25.2. The van der Waals surface area contributed by atoms with Crippen LogP contribution in [0.5, 0.6) is 5.75 Å². The lowest BCUT2D eigenvalue weighted by Gasteiger charge is -2.21. The third-order valence-corrected chi connectivity index (χ3v) is 5.31. The number of phenols is 1. The molecule has 0 spiro atoms. The van der Waals surface area contributed by atoms with Crippen molar-refractivity contribution in [1.82, 2.24) is 10.6 Å². The van der Waals surface area contributed by atoms with Crippen molar-refractivity contribution in [1.29, 1.82) is 0 Å². The Morgan fingerprint density at radius 2 is 1.77 bits per heavy atom. The molecule has 0 saturated carbocycles. The second kappa shape index (κ2) is 8.31. The van der Waals surface area contributed by atoms with Crippen LogP contribution in [0, 0.1) is 0 Å². The average Bonchev–Trinajstić information content (AvgIpc) is 3.10. The van der Waals surface area contributed by atoms with Crippen LogP contribution in [0.2, 0.25) is 0 Å². The van der Waals surface area contributed by atoms with E-state index in [4.69, 9.17) is 5.11 Å². The Hall–Kier alpha value is -3.14. The Bertz CT molecular complexity index is 1050. The summed E-state index contributed by atoms with van der Waals surface area (Å²) in [5, 5.41) is 32.6. The number of anilines is 3. The van der Waals surface area contributed by atoms with Crippen molar-refractivity contribution in [2.75, 3.05) is 62.1 Å². The molecule has 0 atom stereocenters. The van der Waals surface area contributed by atoms with Crippen molar-refractivity contribution < 1.29 is 19.8 Å². The molecule has 2 aromatic rings. The molecule has 30 heavy (non-hydrogen) atoms. The zero-order valence-electron chi connectivity index (χ0n) is 16.7. The second-order valence-corrected chi connectivity index (χ2v) is 7.19. The average molecular weight is 411 g/mol. The van der Waals surface area contributed by atoms with Crippen molar-refractivity contribution >= 4 is 39.4 Å². The lowest BCUT2D eigenvalue weighted by Crippen LogP contribution is -2.35. The van der Waals surface area contributed by atoms with Crippen LogP contribution in [0.1, 0.15) is 20.7 Å². The first kappa shape index (κ1) is 20.1. The molecule has 0 unspecified atom stereocenters. The topological polar surface area (TPSA) is 126 Å². The van der Waals surface area contributed by atoms with Crippen LogP contribution >= 0.6 is 0 Å². The van der Waals surface area contributed by atoms with Gasteiger partial charge in [0.1, 0.15) is 5.75 Å². The molecule has 0 amide bonds. The number of carbonyl (C=O) groups excluding carboxylic acids is 2. The van der Waals surface area contributed by atoms with E-state index in [1.165, 1.54) is 12.2 Å². The summed E-state index contributed by atoms with van der Waals surface area (Å²) in [6.07, 6.45) is 2.45. The maximum Gasteiger partial charge on any atom is 0.190 e. The van der Waals surface area contributed by atoms with E-state index in [2.05, 4.69) is 21.4 Å². The third-order valence-electron chi connectivity index (χ3n) is 5.31. The molecule has 0 radical (unpaired) electrons. The van der Waals surface area contributed by atoms with Gasteiger partial charge in [0.15, 0.2) is 11.6 Å². The van der Waals surface area contributed by atoms with E-state index >= 15 is 0 Å². The van der Waals surface area contributed by atoms with Gasteiger partial charge in [-0.3, -0.25) is 20.0 Å². The van der Waals surface area contributed by atoms with Gasteiger partial charge in [0.2, 0.25) is 0 Å². The number of rotatable bonds is 9. The minimum Gasteiger partial charge on any atom is -0.506 e. The monoisotopic (exact) mass is 411 g/mol. The number of nitrogens with zero attached hydrogens (tertiary/aromatic N) is 1. The van der Waals surface area contributed by atoms with Crippen molar-refractivity contribution in [3.05, 3.63) is 35.4 Å². The van der Waals surface area contributed by atoms with Crippen molar-refractivity contribution in [3.8, 4) is 5.75 Å². The van der Waals surface area contributed by atoms with E-state index in [1.54, 1.807) is 0 Å². The highest BCUT2D eigenvalue weighted by Gasteiger charge is 2.35. The van der Waals surface area contributed by atoms with Crippen LogP contribution in [0.4, 0.5) is 17.1 Å². The van der Waals surface area contributed by atoms with Crippen LogP contribution in [-0.2, 0) is 0 Å². The summed E-state index contributed by atoms with van der Waals surface area (Å²) in [6.45, 7) is 3.05. The van der Waals surface area contributed by atoms with Gasteiger partial charge in [0, 0.05) is 37.3 Å². The first-order valence-corrected chi connectivity index (χ1v) is 9.95. The summed E-state index contributed by atoms with van der Waals surface area (Å²) in [5.41, 5.74) is 5.54. The molecule has 158 valence electrons.